The van der Waals surface area contributed by atoms with Gasteiger partial charge >= 0.3 is 0 Å². The van der Waals surface area contributed by atoms with Crippen LogP contribution in [0, 0.1) is 11.3 Å². The molecule has 1 aromatic rings. The lowest BCUT2D eigenvalue weighted by Crippen LogP contribution is -2.18. The van der Waals surface area contributed by atoms with Crippen LogP contribution in [-0.4, -0.2) is 20.2 Å². The lowest BCUT2D eigenvalue weighted by atomic mass is 9.99. The van der Waals surface area contributed by atoms with Gasteiger partial charge in [0.1, 0.15) is 5.75 Å². The summed E-state index contributed by atoms with van der Waals surface area (Å²) >= 11 is 0. The van der Waals surface area contributed by atoms with E-state index < -0.39 is 0 Å². The summed E-state index contributed by atoms with van der Waals surface area (Å²) in [6.07, 6.45) is 2.50. The minimum Gasteiger partial charge on any atom is -0.496 e. The molecule has 0 fully saturated rings. The Kier molecular flexibility index (Phi) is 6.99. The quantitative estimate of drug-likeness (QED) is 0.730. The Morgan fingerprint density at radius 2 is 2.11 bits per heavy atom. The summed E-state index contributed by atoms with van der Waals surface area (Å²) in [6, 6.07) is 8.58. The maximum Gasteiger partial charge on any atom is 0.122 e. The molecule has 0 aliphatic heterocycles. The van der Waals surface area contributed by atoms with Gasteiger partial charge in [-0.1, -0.05) is 26.0 Å². The molecular weight excluding hydrogens is 236 g/mol. The minimum atomic E-state index is 0.535. The first-order valence-corrected chi connectivity index (χ1v) is 6.93. The minimum absolute atomic E-state index is 0.535. The Bertz CT molecular complexity index is 421. The number of hydrogen-bond donors (Lipinski definition) is 1. The number of nitriles is 1. The Morgan fingerprint density at radius 3 is 2.74 bits per heavy atom. The Hall–Kier alpha value is -1.53. The molecule has 0 radical (unpaired) electrons. The predicted molar refractivity (Wildman–Crippen MR) is 78.5 cm³/mol. The molecule has 1 aromatic carbocycles. The van der Waals surface area contributed by atoms with Gasteiger partial charge < -0.3 is 10.1 Å². The Morgan fingerprint density at radius 1 is 1.32 bits per heavy atom. The average Bonchev–Trinajstić information content (AvgIpc) is 2.42. The molecule has 104 valence electrons. The van der Waals surface area contributed by atoms with Gasteiger partial charge in [-0.3, -0.25) is 0 Å². The van der Waals surface area contributed by atoms with Crippen molar-refractivity contribution in [1.82, 2.24) is 5.32 Å². The van der Waals surface area contributed by atoms with Crippen molar-refractivity contribution in [3.8, 4) is 11.8 Å². The highest BCUT2D eigenvalue weighted by Crippen LogP contribution is 2.24. The van der Waals surface area contributed by atoms with Crippen molar-refractivity contribution in [2.24, 2.45) is 0 Å². The molecule has 0 spiro atoms. The summed E-state index contributed by atoms with van der Waals surface area (Å²) in [7, 11) is 1.72. The van der Waals surface area contributed by atoms with Gasteiger partial charge in [0, 0.05) is 6.42 Å². The number of nitrogens with one attached hydrogen (secondary N) is 1. The van der Waals surface area contributed by atoms with E-state index in [2.05, 4.69) is 43.4 Å². The highest BCUT2D eigenvalue weighted by atomic mass is 16.5. The monoisotopic (exact) mass is 260 g/mol. The predicted octanol–water partition coefficient (Wildman–Crippen LogP) is 3.25. The van der Waals surface area contributed by atoms with Crippen LogP contribution in [0.2, 0.25) is 0 Å². The van der Waals surface area contributed by atoms with Crippen molar-refractivity contribution in [3.05, 3.63) is 29.3 Å². The molecule has 3 heteroatoms. The van der Waals surface area contributed by atoms with Crippen molar-refractivity contribution in [2.45, 2.75) is 39.0 Å². The first-order valence-electron chi connectivity index (χ1n) is 6.93. The third-order valence-corrected chi connectivity index (χ3v) is 3.18. The SMILES string of the molecule is COc1ccc(C(C)C)cc1CCNCCCC#N. The highest BCUT2D eigenvalue weighted by Gasteiger charge is 2.06. The van der Waals surface area contributed by atoms with Crippen molar-refractivity contribution in [1.29, 1.82) is 5.26 Å². The van der Waals surface area contributed by atoms with Gasteiger partial charge in [-0.25, -0.2) is 0 Å². The number of benzene rings is 1. The van der Waals surface area contributed by atoms with Gasteiger partial charge in [-0.05, 0) is 49.0 Å². The number of hydrogen-bond acceptors (Lipinski definition) is 3. The largest absolute Gasteiger partial charge is 0.496 e. The van der Waals surface area contributed by atoms with E-state index in [1.807, 2.05) is 0 Å². The fraction of sp³-hybridized carbons (Fsp3) is 0.562. The fourth-order valence-corrected chi connectivity index (χ4v) is 1.99. The summed E-state index contributed by atoms with van der Waals surface area (Å²) in [4.78, 5) is 0. The zero-order valence-corrected chi connectivity index (χ0v) is 12.2. The zero-order chi connectivity index (χ0) is 14.1. The molecule has 0 amide bonds. The molecule has 0 aliphatic rings. The topological polar surface area (TPSA) is 45.0 Å². The van der Waals surface area contributed by atoms with E-state index in [0.29, 0.717) is 12.3 Å². The van der Waals surface area contributed by atoms with Crippen LogP contribution in [0.15, 0.2) is 18.2 Å². The molecule has 0 bridgehead atoms. The molecule has 19 heavy (non-hydrogen) atoms. The van der Waals surface area contributed by atoms with Crippen molar-refractivity contribution in [2.75, 3.05) is 20.2 Å². The van der Waals surface area contributed by atoms with Crippen LogP contribution in [0.5, 0.6) is 5.75 Å². The molecule has 1 N–H and O–H groups in total. The van der Waals surface area contributed by atoms with Gasteiger partial charge in [-0.15, -0.1) is 0 Å². The van der Waals surface area contributed by atoms with Gasteiger partial charge in [-0.2, -0.15) is 5.26 Å². The van der Waals surface area contributed by atoms with Crippen LogP contribution in [0.4, 0.5) is 0 Å². The molecular formula is C16H24N2O. The molecule has 3 nitrogen and oxygen atoms in total. The van der Waals surface area contributed by atoms with Gasteiger partial charge in [0.15, 0.2) is 0 Å². The summed E-state index contributed by atoms with van der Waals surface area (Å²) < 4.78 is 5.40. The second-order valence-electron chi connectivity index (χ2n) is 4.99. The lowest BCUT2D eigenvalue weighted by molar-refractivity contribution is 0.409. The van der Waals surface area contributed by atoms with Crippen LogP contribution < -0.4 is 10.1 Å². The molecule has 0 saturated carbocycles. The van der Waals surface area contributed by atoms with E-state index in [-0.39, 0.29) is 0 Å². The molecule has 0 atom stereocenters. The lowest BCUT2D eigenvalue weighted by Gasteiger charge is -2.13. The van der Waals surface area contributed by atoms with Crippen molar-refractivity contribution < 1.29 is 4.74 Å². The number of methoxy groups -OCH3 is 1. The van der Waals surface area contributed by atoms with Crippen molar-refractivity contribution in [3.63, 3.8) is 0 Å². The number of unbranched alkanes of at least 4 members (excludes halogenated alkanes) is 1. The van der Waals surface area contributed by atoms with E-state index in [1.54, 1.807) is 7.11 Å². The maximum absolute atomic E-state index is 8.46. The fourth-order valence-electron chi connectivity index (χ4n) is 1.99. The molecule has 0 aromatic heterocycles. The second kappa shape index (κ2) is 8.55. The first-order chi connectivity index (χ1) is 9.19. The van der Waals surface area contributed by atoms with Crippen LogP contribution in [0.25, 0.3) is 0 Å². The summed E-state index contributed by atoms with van der Waals surface area (Å²) in [5.74, 6) is 1.50. The zero-order valence-electron chi connectivity index (χ0n) is 12.2. The van der Waals surface area contributed by atoms with Gasteiger partial charge in [0.2, 0.25) is 0 Å². The first kappa shape index (κ1) is 15.5. The third kappa shape index (κ3) is 5.32. The van der Waals surface area contributed by atoms with Crippen LogP contribution in [0.3, 0.4) is 0 Å². The molecule has 0 saturated heterocycles. The Labute approximate surface area is 116 Å². The van der Waals surface area contributed by atoms with Crippen LogP contribution in [-0.2, 0) is 6.42 Å². The summed E-state index contributed by atoms with van der Waals surface area (Å²) in [6.45, 7) is 6.22. The smallest absolute Gasteiger partial charge is 0.122 e. The average molecular weight is 260 g/mol. The normalized spacial score (nSPS) is 10.5. The van der Waals surface area contributed by atoms with Crippen LogP contribution in [0.1, 0.15) is 43.7 Å². The van der Waals surface area contributed by atoms with E-state index in [9.17, 15) is 0 Å². The number of nitrogens with zero attached hydrogens (tertiary/aromatic N) is 1. The van der Waals surface area contributed by atoms with E-state index in [1.165, 1.54) is 11.1 Å². The van der Waals surface area contributed by atoms with Crippen molar-refractivity contribution >= 4 is 0 Å². The molecule has 1 rings (SSSR count). The molecule has 0 aliphatic carbocycles. The maximum atomic E-state index is 8.46. The summed E-state index contributed by atoms with van der Waals surface area (Å²) in [5.41, 5.74) is 2.60. The van der Waals surface area contributed by atoms with Gasteiger partial charge in [0.25, 0.3) is 0 Å². The number of ether oxygens (including phenoxy) is 1. The summed E-state index contributed by atoms with van der Waals surface area (Å²) in [5, 5.41) is 11.8. The van der Waals surface area contributed by atoms with E-state index in [4.69, 9.17) is 10.00 Å². The number of rotatable bonds is 8. The highest BCUT2D eigenvalue weighted by molar-refractivity contribution is 5.38. The molecule has 0 unspecified atom stereocenters. The second-order valence-corrected chi connectivity index (χ2v) is 4.99. The van der Waals surface area contributed by atoms with E-state index >= 15 is 0 Å². The van der Waals surface area contributed by atoms with Gasteiger partial charge in [0.05, 0.1) is 13.2 Å². The Balaban J connectivity index is 2.51. The molecule has 0 heterocycles. The standard InChI is InChI=1S/C16H24N2O/c1-13(2)14-6-7-16(19-3)15(12-14)8-11-18-10-5-4-9-17/h6-7,12-13,18H,4-5,8,10-11H2,1-3H3. The van der Waals surface area contributed by atoms with E-state index in [0.717, 1.165) is 31.7 Å². The third-order valence-electron chi connectivity index (χ3n) is 3.18. The van der Waals surface area contributed by atoms with Crippen LogP contribution >= 0.6 is 0 Å².